The second kappa shape index (κ2) is 6.32. The molecule has 5 heteroatoms. The predicted octanol–water partition coefficient (Wildman–Crippen LogP) is 1.84. The molecule has 2 atom stereocenters. The van der Waals surface area contributed by atoms with Gasteiger partial charge in [-0.05, 0) is 38.0 Å². The zero-order valence-electron chi connectivity index (χ0n) is 13.1. The molecule has 0 saturated carbocycles. The quantitative estimate of drug-likeness (QED) is 0.916. The van der Waals surface area contributed by atoms with Gasteiger partial charge in [0.25, 0.3) is 0 Å². The van der Waals surface area contributed by atoms with Crippen LogP contribution >= 0.6 is 0 Å². The molecule has 2 heterocycles. The predicted molar refractivity (Wildman–Crippen MR) is 86.8 cm³/mol. The molecule has 1 amide bonds. The van der Waals surface area contributed by atoms with Gasteiger partial charge in [0, 0.05) is 30.7 Å². The zero-order valence-corrected chi connectivity index (χ0v) is 13.1. The van der Waals surface area contributed by atoms with Crippen LogP contribution < -0.4 is 10.2 Å². The number of hydrogen-bond acceptors (Lipinski definition) is 3. The van der Waals surface area contributed by atoms with E-state index in [1.807, 2.05) is 47.0 Å². The van der Waals surface area contributed by atoms with Crippen molar-refractivity contribution >= 4 is 11.6 Å². The zero-order chi connectivity index (χ0) is 15.5. The molecule has 0 spiro atoms. The van der Waals surface area contributed by atoms with Gasteiger partial charge in [-0.3, -0.25) is 9.48 Å². The minimum atomic E-state index is -0.204. The van der Waals surface area contributed by atoms with Crippen LogP contribution in [0.5, 0.6) is 0 Å². The van der Waals surface area contributed by atoms with Gasteiger partial charge < -0.3 is 10.2 Å². The summed E-state index contributed by atoms with van der Waals surface area (Å²) >= 11 is 0. The number of para-hydroxylation sites is 1. The standard InChI is InChI=1S/C17H22N4O/c1-13-12-15-6-3-4-7-16(15)21(13)17(22)14(2)18-9-11-20-10-5-8-19-20/h3-8,10,13-14,18H,9,11-12H2,1-2H3/t13-,14+/m0/s1. The van der Waals surface area contributed by atoms with E-state index < -0.39 is 0 Å². The molecule has 0 fully saturated rings. The van der Waals surface area contributed by atoms with Crippen LogP contribution in [0.2, 0.25) is 0 Å². The SMILES string of the molecule is C[C@@H](NCCn1cccn1)C(=O)N1c2ccccc2C[C@@H]1C. The summed E-state index contributed by atoms with van der Waals surface area (Å²) in [4.78, 5) is 14.7. The Kier molecular flexibility index (Phi) is 4.24. The summed E-state index contributed by atoms with van der Waals surface area (Å²) in [6, 6.07) is 10.1. The van der Waals surface area contributed by atoms with Crippen molar-refractivity contribution in [3.05, 3.63) is 48.3 Å². The number of benzene rings is 1. The topological polar surface area (TPSA) is 50.2 Å². The summed E-state index contributed by atoms with van der Waals surface area (Å²) in [5, 5.41) is 7.46. The highest BCUT2D eigenvalue weighted by Crippen LogP contribution is 2.32. The average molecular weight is 298 g/mol. The molecule has 0 saturated heterocycles. The van der Waals surface area contributed by atoms with E-state index in [2.05, 4.69) is 23.4 Å². The van der Waals surface area contributed by atoms with E-state index in [-0.39, 0.29) is 18.0 Å². The first kappa shape index (κ1) is 14.8. The second-order valence-electron chi connectivity index (χ2n) is 5.84. The van der Waals surface area contributed by atoms with Gasteiger partial charge in [0.15, 0.2) is 0 Å². The van der Waals surface area contributed by atoms with Crippen LogP contribution in [0.15, 0.2) is 42.7 Å². The Morgan fingerprint density at radius 3 is 3.00 bits per heavy atom. The highest BCUT2D eigenvalue weighted by atomic mass is 16.2. The monoisotopic (exact) mass is 298 g/mol. The smallest absolute Gasteiger partial charge is 0.244 e. The van der Waals surface area contributed by atoms with Crippen LogP contribution in [-0.2, 0) is 17.8 Å². The van der Waals surface area contributed by atoms with Crippen molar-refractivity contribution < 1.29 is 4.79 Å². The van der Waals surface area contributed by atoms with Gasteiger partial charge >= 0.3 is 0 Å². The molecular formula is C17H22N4O. The minimum absolute atomic E-state index is 0.137. The third-order valence-corrected chi connectivity index (χ3v) is 4.17. The van der Waals surface area contributed by atoms with Gasteiger partial charge in [-0.1, -0.05) is 18.2 Å². The van der Waals surface area contributed by atoms with Gasteiger partial charge in [-0.2, -0.15) is 5.10 Å². The van der Waals surface area contributed by atoms with E-state index in [4.69, 9.17) is 0 Å². The number of carbonyl (C=O) groups is 1. The molecule has 1 N–H and O–H groups in total. The number of nitrogens with one attached hydrogen (secondary N) is 1. The van der Waals surface area contributed by atoms with Crippen LogP contribution in [0.4, 0.5) is 5.69 Å². The Morgan fingerprint density at radius 2 is 2.23 bits per heavy atom. The first-order chi connectivity index (χ1) is 10.7. The molecule has 2 aromatic rings. The highest BCUT2D eigenvalue weighted by Gasteiger charge is 2.32. The van der Waals surface area contributed by atoms with Crippen molar-refractivity contribution in [1.29, 1.82) is 0 Å². The Morgan fingerprint density at radius 1 is 1.41 bits per heavy atom. The van der Waals surface area contributed by atoms with E-state index in [0.717, 1.165) is 25.2 Å². The lowest BCUT2D eigenvalue weighted by Gasteiger charge is -2.26. The molecule has 22 heavy (non-hydrogen) atoms. The summed E-state index contributed by atoms with van der Waals surface area (Å²) in [6.07, 6.45) is 4.62. The Hall–Kier alpha value is -2.14. The van der Waals surface area contributed by atoms with Crippen molar-refractivity contribution in [2.24, 2.45) is 0 Å². The fourth-order valence-corrected chi connectivity index (χ4v) is 3.03. The summed E-state index contributed by atoms with van der Waals surface area (Å²) in [5.74, 6) is 0.137. The first-order valence-corrected chi connectivity index (χ1v) is 7.78. The van der Waals surface area contributed by atoms with E-state index in [1.165, 1.54) is 5.56 Å². The highest BCUT2D eigenvalue weighted by molar-refractivity contribution is 5.99. The lowest BCUT2D eigenvalue weighted by atomic mass is 10.1. The Bertz CT molecular complexity index is 638. The van der Waals surface area contributed by atoms with Crippen molar-refractivity contribution in [1.82, 2.24) is 15.1 Å². The molecule has 1 aliphatic heterocycles. The van der Waals surface area contributed by atoms with Crippen LogP contribution in [-0.4, -0.2) is 34.3 Å². The largest absolute Gasteiger partial charge is 0.308 e. The lowest BCUT2D eigenvalue weighted by Crippen LogP contribution is -2.48. The summed E-state index contributed by atoms with van der Waals surface area (Å²) in [7, 11) is 0. The first-order valence-electron chi connectivity index (χ1n) is 7.78. The third kappa shape index (κ3) is 2.90. The Labute approximate surface area is 130 Å². The number of fused-ring (bicyclic) bond motifs is 1. The number of nitrogens with zero attached hydrogens (tertiary/aromatic N) is 3. The number of amides is 1. The number of anilines is 1. The van der Waals surface area contributed by atoms with Crippen molar-refractivity contribution in [3.8, 4) is 0 Å². The number of hydrogen-bond donors (Lipinski definition) is 1. The molecular weight excluding hydrogens is 276 g/mol. The van der Waals surface area contributed by atoms with Gasteiger partial charge in [0.2, 0.25) is 5.91 Å². The molecule has 5 nitrogen and oxygen atoms in total. The van der Waals surface area contributed by atoms with Crippen molar-refractivity contribution in [2.45, 2.75) is 38.9 Å². The fraction of sp³-hybridized carbons (Fsp3) is 0.412. The van der Waals surface area contributed by atoms with E-state index >= 15 is 0 Å². The van der Waals surface area contributed by atoms with Gasteiger partial charge in [-0.25, -0.2) is 0 Å². The second-order valence-corrected chi connectivity index (χ2v) is 5.84. The van der Waals surface area contributed by atoms with Gasteiger partial charge in [0.05, 0.1) is 12.6 Å². The van der Waals surface area contributed by atoms with Crippen LogP contribution in [0.1, 0.15) is 19.4 Å². The number of rotatable bonds is 5. The number of carbonyl (C=O) groups excluding carboxylic acids is 1. The van der Waals surface area contributed by atoms with Crippen LogP contribution in [0.3, 0.4) is 0 Å². The molecule has 1 aromatic carbocycles. The normalized spacial score (nSPS) is 18.3. The molecule has 0 aliphatic carbocycles. The molecule has 0 bridgehead atoms. The average Bonchev–Trinajstić information content (AvgIpc) is 3.13. The summed E-state index contributed by atoms with van der Waals surface area (Å²) in [6.45, 7) is 5.52. The van der Waals surface area contributed by atoms with Crippen molar-refractivity contribution in [2.75, 3.05) is 11.4 Å². The lowest BCUT2D eigenvalue weighted by molar-refractivity contribution is -0.120. The maximum absolute atomic E-state index is 12.8. The summed E-state index contributed by atoms with van der Waals surface area (Å²) in [5.41, 5.74) is 2.31. The number of aromatic nitrogens is 2. The molecule has 0 radical (unpaired) electrons. The third-order valence-electron chi connectivity index (χ3n) is 4.17. The molecule has 1 aliphatic rings. The maximum Gasteiger partial charge on any atom is 0.244 e. The minimum Gasteiger partial charge on any atom is -0.308 e. The Balaban J connectivity index is 1.61. The van der Waals surface area contributed by atoms with Crippen molar-refractivity contribution in [3.63, 3.8) is 0 Å². The fourth-order valence-electron chi connectivity index (χ4n) is 3.03. The van der Waals surface area contributed by atoms with Gasteiger partial charge in [-0.15, -0.1) is 0 Å². The van der Waals surface area contributed by atoms with E-state index in [9.17, 15) is 4.79 Å². The molecule has 3 rings (SSSR count). The van der Waals surface area contributed by atoms with E-state index in [1.54, 1.807) is 6.20 Å². The van der Waals surface area contributed by atoms with E-state index in [0.29, 0.717) is 0 Å². The molecule has 116 valence electrons. The van der Waals surface area contributed by atoms with Crippen LogP contribution in [0.25, 0.3) is 0 Å². The van der Waals surface area contributed by atoms with Crippen LogP contribution in [0, 0.1) is 0 Å². The summed E-state index contributed by atoms with van der Waals surface area (Å²) < 4.78 is 1.86. The molecule has 1 aromatic heterocycles. The maximum atomic E-state index is 12.8. The molecule has 0 unspecified atom stereocenters. The van der Waals surface area contributed by atoms with Gasteiger partial charge in [0.1, 0.15) is 0 Å².